The molecule has 1 amide bonds. The Balaban J connectivity index is 1.46. The summed E-state index contributed by atoms with van der Waals surface area (Å²) in [5.74, 6) is 1.66. The van der Waals surface area contributed by atoms with Gasteiger partial charge in [-0.2, -0.15) is 0 Å². The number of amides is 1. The normalized spacial score (nSPS) is 13.0. The van der Waals surface area contributed by atoms with Crippen molar-refractivity contribution in [1.82, 2.24) is 10.3 Å². The zero-order valence-corrected chi connectivity index (χ0v) is 18.0. The highest BCUT2D eigenvalue weighted by Crippen LogP contribution is 2.38. The number of rotatable bonds is 7. The lowest BCUT2D eigenvalue weighted by atomic mass is 10.0. The number of hydrogen-bond donors (Lipinski definition) is 2. The molecule has 0 atom stereocenters. The molecule has 0 radical (unpaired) electrons. The van der Waals surface area contributed by atoms with Crippen molar-refractivity contribution in [3.05, 3.63) is 81.3 Å². The molecular formula is C25H26N2O4. The van der Waals surface area contributed by atoms with Gasteiger partial charge < -0.3 is 19.8 Å². The summed E-state index contributed by atoms with van der Waals surface area (Å²) in [6.07, 6.45) is 2.26. The van der Waals surface area contributed by atoms with Gasteiger partial charge in [0.05, 0.1) is 14.2 Å². The zero-order chi connectivity index (χ0) is 22.0. The SMILES string of the molecule is COc1cc(OC)cc(-c2ccc(C(=O)NCc3c(C)cc(C4CC4)[nH]c3=O)cc2)c1. The van der Waals surface area contributed by atoms with Crippen LogP contribution in [0.3, 0.4) is 0 Å². The second-order valence-electron chi connectivity index (χ2n) is 7.85. The molecule has 3 aromatic rings. The summed E-state index contributed by atoms with van der Waals surface area (Å²) in [6, 6.07) is 15.0. The Hall–Kier alpha value is -3.54. The van der Waals surface area contributed by atoms with E-state index in [1.807, 2.05) is 43.3 Å². The minimum atomic E-state index is -0.222. The molecule has 0 aliphatic heterocycles. The average molecular weight is 418 g/mol. The number of carbonyl (C=O) groups excluding carboxylic acids is 1. The van der Waals surface area contributed by atoms with Crippen LogP contribution in [-0.2, 0) is 6.54 Å². The summed E-state index contributed by atoms with van der Waals surface area (Å²) in [7, 11) is 3.22. The number of carbonyl (C=O) groups is 1. The van der Waals surface area contributed by atoms with Gasteiger partial charge in [-0.1, -0.05) is 12.1 Å². The zero-order valence-electron chi connectivity index (χ0n) is 18.0. The van der Waals surface area contributed by atoms with E-state index in [0.29, 0.717) is 28.5 Å². The maximum absolute atomic E-state index is 12.6. The fraction of sp³-hybridized carbons (Fsp3) is 0.280. The van der Waals surface area contributed by atoms with Gasteiger partial charge in [-0.05, 0) is 72.7 Å². The van der Waals surface area contributed by atoms with Gasteiger partial charge in [-0.25, -0.2) is 0 Å². The molecule has 1 saturated carbocycles. The molecule has 1 heterocycles. The highest BCUT2D eigenvalue weighted by Gasteiger charge is 2.25. The molecular weight excluding hydrogens is 392 g/mol. The topological polar surface area (TPSA) is 80.4 Å². The largest absolute Gasteiger partial charge is 0.497 e. The van der Waals surface area contributed by atoms with Gasteiger partial charge >= 0.3 is 0 Å². The third kappa shape index (κ3) is 4.63. The lowest BCUT2D eigenvalue weighted by Gasteiger charge is -2.11. The fourth-order valence-corrected chi connectivity index (χ4v) is 3.63. The van der Waals surface area contributed by atoms with Crippen LogP contribution in [0.4, 0.5) is 0 Å². The van der Waals surface area contributed by atoms with Crippen LogP contribution in [0, 0.1) is 6.92 Å². The molecule has 1 aliphatic rings. The molecule has 0 spiro atoms. The van der Waals surface area contributed by atoms with E-state index in [-0.39, 0.29) is 18.0 Å². The van der Waals surface area contributed by atoms with Gasteiger partial charge in [-0.15, -0.1) is 0 Å². The predicted octanol–water partition coefficient (Wildman–Crippen LogP) is 4.17. The number of ether oxygens (including phenoxy) is 2. The number of aromatic nitrogens is 1. The Morgan fingerprint density at radius 1 is 1.00 bits per heavy atom. The van der Waals surface area contributed by atoms with Crippen LogP contribution in [-0.4, -0.2) is 25.1 Å². The number of nitrogens with one attached hydrogen (secondary N) is 2. The standard InChI is InChI=1S/C25H26N2O4/c1-15-10-23(17-6-7-17)27-25(29)22(15)14-26-24(28)18-8-4-16(5-9-18)19-11-20(30-2)13-21(12-19)31-3/h4-5,8-13,17H,6-7,14H2,1-3H3,(H,26,28)(H,27,29). The molecule has 2 N–H and O–H groups in total. The number of pyridine rings is 1. The molecule has 0 bridgehead atoms. The number of hydrogen-bond acceptors (Lipinski definition) is 4. The number of aromatic amines is 1. The van der Waals surface area contributed by atoms with Gasteiger partial charge in [0.2, 0.25) is 0 Å². The Kier molecular flexibility index (Phi) is 5.80. The van der Waals surface area contributed by atoms with E-state index in [1.165, 1.54) is 0 Å². The summed E-state index contributed by atoms with van der Waals surface area (Å²) in [6.45, 7) is 2.11. The second kappa shape index (κ2) is 8.68. The quantitative estimate of drug-likeness (QED) is 0.603. The van der Waals surface area contributed by atoms with Crippen LogP contribution in [0.2, 0.25) is 0 Å². The van der Waals surface area contributed by atoms with Gasteiger partial charge in [0.15, 0.2) is 0 Å². The van der Waals surface area contributed by atoms with E-state index in [0.717, 1.165) is 35.2 Å². The van der Waals surface area contributed by atoms with Crippen molar-refractivity contribution in [2.45, 2.75) is 32.2 Å². The van der Waals surface area contributed by atoms with Gasteiger partial charge in [-0.3, -0.25) is 9.59 Å². The van der Waals surface area contributed by atoms with Crippen molar-refractivity contribution in [3.63, 3.8) is 0 Å². The van der Waals surface area contributed by atoms with Crippen molar-refractivity contribution in [1.29, 1.82) is 0 Å². The van der Waals surface area contributed by atoms with Crippen LogP contribution >= 0.6 is 0 Å². The Morgan fingerprint density at radius 2 is 1.65 bits per heavy atom. The van der Waals surface area contributed by atoms with Crippen molar-refractivity contribution in [2.24, 2.45) is 0 Å². The smallest absolute Gasteiger partial charge is 0.253 e. The lowest BCUT2D eigenvalue weighted by Crippen LogP contribution is -2.28. The summed E-state index contributed by atoms with van der Waals surface area (Å²) >= 11 is 0. The van der Waals surface area contributed by atoms with Crippen LogP contribution in [0.1, 0.15) is 45.9 Å². The van der Waals surface area contributed by atoms with Crippen molar-refractivity contribution in [2.75, 3.05) is 14.2 Å². The van der Waals surface area contributed by atoms with Gasteiger partial charge in [0, 0.05) is 29.4 Å². The molecule has 160 valence electrons. The second-order valence-corrected chi connectivity index (χ2v) is 7.85. The summed E-state index contributed by atoms with van der Waals surface area (Å²) in [5, 5.41) is 2.86. The first-order chi connectivity index (χ1) is 15.0. The average Bonchev–Trinajstić information content (AvgIpc) is 3.63. The minimum Gasteiger partial charge on any atom is -0.497 e. The number of methoxy groups -OCH3 is 2. The molecule has 31 heavy (non-hydrogen) atoms. The molecule has 0 saturated heterocycles. The van der Waals surface area contributed by atoms with Crippen molar-refractivity contribution < 1.29 is 14.3 Å². The van der Waals surface area contributed by atoms with Crippen LogP contribution in [0.5, 0.6) is 11.5 Å². The Bertz CT molecular complexity index is 1140. The van der Waals surface area contributed by atoms with Crippen LogP contribution < -0.4 is 20.3 Å². The molecule has 1 aliphatic carbocycles. The number of H-pyrrole nitrogens is 1. The minimum absolute atomic E-state index is 0.121. The maximum Gasteiger partial charge on any atom is 0.253 e. The molecule has 6 nitrogen and oxygen atoms in total. The highest BCUT2D eigenvalue weighted by atomic mass is 16.5. The van der Waals surface area contributed by atoms with Gasteiger partial charge in [0.1, 0.15) is 11.5 Å². The van der Waals surface area contributed by atoms with E-state index in [9.17, 15) is 9.59 Å². The Morgan fingerprint density at radius 3 is 2.19 bits per heavy atom. The Labute approximate surface area is 181 Å². The first kappa shape index (κ1) is 20.7. The first-order valence-electron chi connectivity index (χ1n) is 10.3. The molecule has 1 aromatic heterocycles. The van der Waals surface area contributed by atoms with Crippen molar-refractivity contribution >= 4 is 5.91 Å². The van der Waals surface area contributed by atoms with E-state index in [1.54, 1.807) is 26.4 Å². The van der Waals surface area contributed by atoms with Gasteiger partial charge in [0.25, 0.3) is 11.5 Å². The van der Waals surface area contributed by atoms with E-state index >= 15 is 0 Å². The molecule has 4 rings (SSSR count). The third-order valence-electron chi connectivity index (χ3n) is 5.65. The molecule has 6 heteroatoms. The van der Waals surface area contributed by atoms with Crippen LogP contribution in [0.15, 0.2) is 53.3 Å². The molecule has 2 aromatic carbocycles. The maximum atomic E-state index is 12.6. The monoisotopic (exact) mass is 418 g/mol. The highest BCUT2D eigenvalue weighted by molar-refractivity contribution is 5.94. The number of benzene rings is 2. The fourth-order valence-electron chi connectivity index (χ4n) is 3.63. The van der Waals surface area contributed by atoms with Crippen LogP contribution in [0.25, 0.3) is 11.1 Å². The van der Waals surface area contributed by atoms with E-state index in [4.69, 9.17) is 9.47 Å². The van der Waals surface area contributed by atoms with E-state index in [2.05, 4.69) is 10.3 Å². The third-order valence-corrected chi connectivity index (χ3v) is 5.65. The molecule has 0 unspecified atom stereocenters. The summed E-state index contributed by atoms with van der Waals surface area (Å²) in [4.78, 5) is 28.0. The van der Waals surface area contributed by atoms with Crippen molar-refractivity contribution in [3.8, 4) is 22.6 Å². The predicted molar refractivity (Wildman–Crippen MR) is 120 cm³/mol. The lowest BCUT2D eigenvalue weighted by molar-refractivity contribution is 0.0950. The summed E-state index contributed by atoms with van der Waals surface area (Å²) in [5.41, 5.74) is 4.79. The summed E-state index contributed by atoms with van der Waals surface area (Å²) < 4.78 is 10.7. The van der Waals surface area contributed by atoms with E-state index < -0.39 is 0 Å². The number of aryl methyl sites for hydroxylation is 1. The molecule has 1 fully saturated rings. The first-order valence-corrected chi connectivity index (χ1v) is 10.3.